The predicted molar refractivity (Wildman–Crippen MR) is 68.6 cm³/mol. The Labute approximate surface area is 109 Å². The summed E-state index contributed by atoms with van der Waals surface area (Å²) in [5.41, 5.74) is 1.15. The number of rotatable bonds is 5. The molecule has 0 bridgehead atoms. The minimum absolute atomic E-state index is 0.00407. The van der Waals surface area contributed by atoms with E-state index in [4.69, 9.17) is 4.74 Å². The Morgan fingerprint density at radius 3 is 2.84 bits per heavy atom. The minimum Gasteiger partial charge on any atom is -0.496 e. The fraction of sp³-hybridized carbons (Fsp3) is 0.154. The highest BCUT2D eigenvalue weighted by molar-refractivity contribution is 5.72. The minimum atomic E-state index is -0.459. The van der Waals surface area contributed by atoms with E-state index in [1.54, 1.807) is 29.0 Å². The summed E-state index contributed by atoms with van der Waals surface area (Å²) >= 11 is 0. The Balaban J connectivity index is 2.40. The Morgan fingerprint density at radius 1 is 1.42 bits per heavy atom. The van der Waals surface area contributed by atoms with Crippen LogP contribution in [0.3, 0.4) is 0 Å². The van der Waals surface area contributed by atoms with Gasteiger partial charge in [-0.15, -0.1) is 0 Å². The average molecular weight is 260 g/mol. The van der Waals surface area contributed by atoms with Gasteiger partial charge in [-0.05, 0) is 18.2 Å². The molecule has 19 heavy (non-hydrogen) atoms. The second kappa shape index (κ2) is 5.34. The Bertz CT molecular complexity index is 619. The molecule has 0 atom stereocenters. The number of nitro groups is 1. The lowest BCUT2D eigenvalue weighted by molar-refractivity contribution is -0.384. The van der Waals surface area contributed by atoms with Crippen LogP contribution in [-0.2, 0) is 6.54 Å². The van der Waals surface area contributed by atoms with Crippen LogP contribution in [0.1, 0.15) is 16.1 Å². The number of hydrogen-bond acceptors (Lipinski definition) is 4. The highest BCUT2D eigenvalue weighted by Gasteiger charge is 2.12. The van der Waals surface area contributed by atoms with Gasteiger partial charge in [-0.2, -0.15) is 0 Å². The van der Waals surface area contributed by atoms with Gasteiger partial charge in [0.25, 0.3) is 5.69 Å². The fourth-order valence-corrected chi connectivity index (χ4v) is 1.86. The topological polar surface area (TPSA) is 74.4 Å². The van der Waals surface area contributed by atoms with Crippen molar-refractivity contribution in [1.29, 1.82) is 0 Å². The normalized spacial score (nSPS) is 10.2. The van der Waals surface area contributed by atoms with Crippen molar-refractivity contribution >= 4 is 12.0 Å². The number of hydrogen-bond donors (Lipinski definition) is 0. The second-order valence-corrected chi connectivity index (χ2v) is 3.93. The zero-order chi connectivity index (χ0) is 13.8. The second-order valence-electron chi connectivity index (χ2n) is 3.93. The van der Waals surface area contributed by atoms with Gasteiger partial charge in [-0.3, -0.25) is 14.9 Å². The molecule has 0 N–H and O–H groups in total. The van der Waals surface area contributed by atoms with Crippen molar-refractivity contribution in [2.24, 2.45) is 0 Å². The van der Waals surface area contributed by atoms with Gasteiger partial charge in [0.05, 0.1) is 24.3 Å². The van der Waals surface area contributed by atoms with Crippen molar-refractivity contribution in [3.05, 3.63) is 57.9 Å². The summed E-state index contributed by atoms with van der Waals surface area (Å²) in [6, 6.07) is 7.81. The molecule has 0 aliphatic rings. The molecule has 1 aromatic carbocycles. The number of non-ortho nitro benzene ring substituents is 1. The summed E-state index contributed by atoms with van der Waals surface area (Å²) < 4.78 is 6.88. The largest absolute Gasteiger partial charge is 0.496 e. The molecule has 6 nitrogen and oxygen atoms in total. The number of carbonyl (C=O) groups excluding carboxylic acids is 1. The highest BCUT2D eigenvalue weighted by atomic mass is 16.6. The summed E-state index contributed by atoms with van der Waals surface area (Å²) in [5.74, 6) is 0.552. The van der Waals surface area contributed by atoms with Gasteiger partial charge in [0.15, 0.2) is 6.29 Å². The van der Waals surface area contributed by atoms with Crippen molar-refractivity contribution in [2.45, 2.75) is 6.54 Å². The van der Waals surface area contributed by atoms with Crippen molar-refractivity contribution in [3.63, 3.8) is 0 Å². The lowest BCUT2D eigenvalue weighted by atomic mass is 10.1. The standard InChI is InChI=1S/C13H12N2O4/c1-19-13-5-4-11(15(17)18)7-10(13)8-14-6-2-3-12(14)9-16/h2-7,9H,8H2,1H3. The summed E-state index contributed by atoms with van der Waals surface area (Å²) in [5, 5.41) is 10.8. The van der Waals surface area contributed by atoms with Crippen LogP contribution in [0.5, 0.6) is 5.75 Å². The van der Waals surface area contributed by atoms with Crippen LogP contribution in [0.25, 0.3) is 0 Å². The molecule has 0 aliphatic heterocycles. The molecule has 0 aliphatic carbocycles. The summed E-state index contributed by atoms with van der Waals surface area (Å²) in [6.45, 7) is 0.339. The van der Waals surface area contributed by atoms with Crippen LogP contribution in [0.15, 0.2) is 36.5 Å². The maximum atomic E-state index is 10.8. The van der Waals surface area contributed by atoms with Crippen LogP contribution in [0, 0.1) is 10.1 Å². The van der Waals surface area contributed by atoms with Gasteiger partial charge in [-0.1, -0.05) is 0 Å². The van der Waals surface area contributed by atoms with Crippen LogP contribution in [0.2, 0.25) is 0 Å². The molecular formula is C13H12N2O4. The molecule has 0 unspecified atom stereocenters. The quantitative estimate of drug-likeness (QED) is 0.469. The van der Waals surface area contributed by atoms with Crippen LogP contribution in [0.4, 0.5) is 5.69 Å². The molecule has 0 spiro atoms. The van der Waals surface area contributed by atoms with Crippen molar-refractivity contribution in [1.82, 2.24) is 4.57 Å². The smallest absolute Gasteiger partial charge is 0.270 e. The van der Waals surface area contributed by atoms with Crippen LogP contribution >= 0.6 is 0 Å². The first-order valence-electron chi connectivity index (χ1n) is 5.57. The Hall–Kier alpha value is -2.63. The summed E-state index contributed by atoms with van der Waals surface area (Å²) in [6.07, 6.45) is 2.48. The summed E-state index contributed by atoms with van der Waals surface area (Å²) in [4.78, 5) is 21.2. The fourth-order valence-electron chi connectivity index (χ4n) is 1.86. The van der Waals surface area contributed by atoms with E-state index in [9.17, 15) is 14.9 Å². The Morgan fingerprint density at radius 2 is 2.21 bits per heavy atom. The van der Waals surface area contributed by atoms with E-state index in [1.807, 2.05) is 0 Å². The maximum Gasteiger partial charge on any atom is 0.270 e. The lowest BCUT2D eigenvalue weighted by Crippen LogP contribution is -2.04. The number of ether oxygens (including phenoxy) is 1. The predicted octanol–water partition coefficient (Wildman–Crippen LogP) is 2.27. The molecule has 1 aromatic heterocycles. The number of aromatic nitrogens is 1. The van der Waals surface area contributed by atoms with E-state index in [2.05, 4.69) is 0 Å². The van der Waals surface area contributed by atoms with Gasteiger partial charge in [0.1, 0.15) is 5.75 Å². The Kier molecular flexibility index (Phi) is 3.61. The average Bonchev–Trinajstić information content (AvgIpc) is 2.85. The number of aldehydes is 1. The SMILES string of the molecule is COc1ccc([N+](=O)[O-])cc1Cn1cccc1C=O. The zero-order valence-corrected chi connectivity index (χ0v) is 10.3. The molecule has 98 valence electrons. The molecule has 0 saturated heterocycles. The van der Waals surface area contributed by atoms with E-state index >= 15 is 0 Å². The third-order valence-electron chi connectivity index (χ3n) is 2.80. The van der Waals surface area contributed by atoms with Gasteiger partial charge >= 0.3 is 0 Å². The number of carbonyl (C=O) groups is 1. The third-order valence-corrected chi connectivity index (χ3v) is 2.80. The summed E-state index contributed by atoms with van der Waals surface area (Å²) in [7, 11) is 1.50. The lowest BCUT2D eigenvalue weighted by Gasteiger charge is -2.10. The van der Waals surface area contributed by atoms with Crippen LogP contribution < -0.4 is 4.74 Å². The first kappa shape index (κ1) is 12.8. The molecule has 2 rings (SSSR count). The zero-order valence-electron chi connectivity index (χ0n) is 10.3. The van der Waals surface area contributed by atoms with Gasteiger partial charge in [0, 0.05) is 23.9 Å². The monoisotopic (exact) mass is 260 g/mol. The van der Waals surface area contributed by atoms with Gasteiger partial charge < -0.3 is 9.30 Å². The first-order chi connectivity index (χ1) is 9.15. The molecule has 0 saturated carbocycles. The van der Waals surface area contributed by atoms with Crippen LogP contribution in [-0.4, -0.2) is 22.9 Å². The van der Waals surface area contributed by atoms with E-state index in [-0.39, 0.29) is 5.69 Å². The molecule has 2 aromatic rings. The molecule has 1 heterocycles. The number of benzene rings is 1. The number of nitro benzene ring substituents is 1. The third kappa shape index (κ3) is 2.62. The van der Waals surface area contributed by atoms with Gasteiger partial charge in [0.2, 0.25) is 0 Å². The van der Waals surface area contributed by atoms with Crippen molar-refractivity contribution < 1.29 is 14.5 Å². The van der Waals surface area contributed by atoms with E-state index < -0.39 is 4.92 Å². The van der Waals surface area contributed by atoms with Crippen molar-refractivity contribution in [2.75, 3.05) is 7.11 Å². The van der Waals surface area contributed by atoms with Crippen molar-refractivity contribution in [3.8, 4) is 5.75 Å². The van der Waals surface area contributed by atoms with E-state index in [1.165, 1.54) is 19.2 Å². The first-order valence-corrected chi connectivity index (χ1v) is 5.57. The molecule has 0 amide bonds. The van der Waals surface area contributed by atoms with E-state index in [0.717, 1.165) is 6.29 Å². The highest BCUT2D eigenvalue weighted by Crippen LogP contribution is 2.25. The number of nitrogens with zero attached hydrogens (tertiary/aromatic N) is 2. The maximum absolute atomic E-state index is 10.8. The molecule has 0 radical (unpaired) electrons. The molecule has 6 heteroatoms. The van der Waals surface area contributed by atoms with Gasteiger partial charge in [-0.25, -0.2) is 0 Å². The number of methoxy groups -OCH3 is 1. The van der Waals surface area contributed by atoms with E-state index in [0.29, 0.717) is 23.6 Å². The molecule has 0 fully saturated rings. The molecular weight excluding hydrogens is 248 g/mol.